The molecule has 0 bridgehead atoms. The summed E-state index contributed by atoms with van der Waals surface area (Å²) in [5.41, 5.74) is 1.93. The van der Waals surface area contributed by atoms with Crippen LogP contribution in [0.15, 0.2) is 28.6 Å². The standard InChI is InChI=1S/C14H18N4O3S2/c1-4-12(11-8-6-5-7-9(11)2)18-23(20,21)14-17-16-13(22-14)15-10(3)19/h5-8,12,18H,4H2,1-3H3,(H,15,16,19)/t12-/m1/s1. The van der Waals surface area contributed by atoms with Crippen molar-refractivity contribution in [1.82, 2.24) is 14.9 Å². The number of amides is 1. The third-order valence-electron chi connectivity index (χ3n) is 3.19. The Morgan fingerprint density at radius 1 is 1.30 bits per heavy atom. The van der Waals surface area contributed by atoms with Crippen LogP contribution < -0.4 is 10.0 Å². The van der Waals surface area contributed by atoms with Crippen molar-refractivity contribution in [3.05, 3.63) is 35.4 Å². The maximum Gasteiger partial charge on any atom is 0.270 e. The average molecular weight is 354 g/mol. The fraction of sp³-hybridized carbons (Fsp3) is 0.357. The number of sulfonamides is 1. The Morgan fingerprint density at radius 2 is 2.00 bits per heavy atom. The number of aromatic nitrogens is 2. The Balaban J connectivity index is 2.24. The third-order valence-corrected chi connectivity index (χ3v) is 5.87. The zero-order valence-corrected chi connectivity index (χ0v) is 14.7. The summed E-state index contributed by atoms with van der Waals surface area (Å²) in [4.78, 5) is 11.0. The number of benzene rings is 1. The molecule has 0 aliphatic heterocycles. The van der Waals surface area contributed by atoms with E-state index >= 15 is 0 Å². The van der Waals surface area contributed by atoms with Gasteiger partial charge in [-0.3, -0.25) is 4.79 Å². The number of carbonyl (C=O) groups excluding carboxylic acids is 1. The highest BCUT2D eigenvalue weighted by Gasteiger charge is 2.25. The Kier molecular flexibility index (Phi) is 5.45. The summed E-state index contributed by atoms with van der Waals surface area (Å²) in [6.45, 7) is 5.16. The van der Waals surface area contributed by atoms with E-state index in [2.05, 4.69) is 20.2 Å². The first-order chi connectivity index (χ1) is 10.8. The molecule has 1 heterocycles. The summed E-state index contributed by atoms with van der Waals surface area (Å²) < 4.78 is 27.4. The molecule has 0 fully saturated rings. The number of nitrogens with zero attached hydrogens (tertiary/aromatic N) is 2. The van der Waals surface area contributed by atoms with Crippen molar-refractivity contribution in [2.24, 2.45) is 0 Å². The second-order valence-corrected chi connectivity index (χ2v) is 7.86. The lowest BCUT2D eigenvalue weighted by molar-refractivity contribution is -0.114. The smallest absolute Gasteiger partial charge is 0.270 e. The Labute approximate surface area is 139 Å². The van der Waals surface area contributed by atoms with Crippen molar-refractivity contribution in [1.29, 1.82) is 0 Å². The minimum atomic E-state index is -3.81. The highest BCUT2D eigenvalue weighted by Crippen LogP contribution is 2.25. The number of nitrogens with one attached hydrogen (secondary N) is 2. The van der Waals surface area contributed by atoms with Crippen LogP contribution in [-0.2, 0) is 14.8 Å². The first kappa shape index (κ1) is 17.5. The number of rotatable bonds is 6. The van der Waals surface area contributed by atoms with Gasteiger partial charge in [-0.1, -0.05) is 42.5 Å². The predicted molar refractivity (Wildman–Crippen MR) is 88.7 cm³/mol. The van der Waals surface area contributed by atoms with Crippen molar-refractivity contribution in [3.8, 4) is 0 Å². The number of carbonyl (C=O) groups is 1. The second kappa shape index (κ2) is 7.16. The summed E-state index contributed by atoms with van der Waals surface area (Å²) in [6.07, 6.45) is 0.599. The van der Waals surface area contributed by atoms with Crippen LogP contribution in [0.3, 0.4) is 0 Å². The van der Waals surface area contributed by atoms with Crippen molar-refractivity contribution in [3.63, 3.8) is 0 Å². The summed E-state index contributed by atoms with van der Waals surface area (Å²) in [6, 6.07) is 7.26. The lowest BCUT2D eigenvalue weighted by Crippen LogP contribution is -2.28. The van der Waals surface area contributed by atoms with Crippen LogP contribution in [0.5, 0.6) is 0 Å². The van der Waals surface area contributed by atoms with Crippen LogP contribution in [0.1, 0.15) is 37.4 Å². The van der Waals surface area contributed by atoms with E-state index in [1.54, 1.807) is 0 Å². The highest BCUT2D eigenvalue weighted by atomic mass is 32.2. The molecule has 0 unspecified atom stereocenters. The topological polar surface area (TPSA) is 101 Å². The van der Waals surface area contributed by atoms with Gasteiger partial charge in [0.2, 0.25) is 15.4 Å². The molecule has 1 atom stereocenters. The van der Waals surface area contributed by atoms with Gasteiger partial charge in [-0.15, -0.1) is 10.2 Å². The van der Waals surface area contributed by atoms with E-state index in [0.717, 1.165) is 22.5 Å². The SMILES string of the molecule is CC[C@@H](NS(=O)(=O)c1nnc(NC(C)=O)s1)c1ccccc1C. The molecule has 0 spiro atoms. The van der Waals surface area contributed by atoms with E-state index in [-0.39, 0.29) is 21.4 Å². The van der Waals surface area contributed by atoms with Gasteiger partial charge in [0.05, 0.1) is 0 Å². The molecule has 0 saturated heterocycles. The minimum absolute atomic E-state index is 0.154. The summed E-state index contributed by atoms with van der Waals surface area (Å²) >= 11 is 0.815. The molecule has 2 aromatic rings. The molecule has 23 heavy (non-hydrogen) atoms. The fourth-order valence-electron chi connectivity index (χ4n) is 2.10. The van der Waals surface area contributed by atoms with Gasteiger partial charge >= 0.3 is 0 Å². The molecular formula is C14H18N4O3S2. The number of hydrogen-bond donors (Lipinski definition) is 2. The predicted octanol–water partition coefficient (Wildman–Crippen LogP) is 2.23. The molecule has 0 aliphatic carbocycles. The molecule has 0 saturated carbocycles. The van der Waals surface area contributed by atoms with Crippen LogP contribution >= 0.6 is 11.3 Å². The highest BCUT2D eigenvalue weighted by molar-refractivity contribution is 7.91. The van der Waals surface area contributed by atoms with Gasteiger partial charge in [0, 0.05) is 13.0 Å². The Hall–Kier alpha value is -1.84. The van der Waals surface area contributed by atoms with Crippen LogP contribution in [0.25, 0.3) is 0 Å². The van der Waals surface area contributed by atoms with E-state index in [4.69, 9.17) is 0 Å². The lowest BCUT2D eigenvalue weighted by atomic mass is 10.0. The molecule has 1 amide bonds. The zero-order valence-electron chi connectivity index (χ0n) is 13.0. The molecule has 2 N–H and O–H groups in total. The molecular weight excluding hydrogens is 336 g/mol. The maximum absolute atomic E-state index is 12.5. The second-order valence-electron chi connectivity index (χ2n) is 4.99. The van der Waals surface area contributed by atoms with Crippen molar-refractivity contribution >= 4 is 32.4 Å². The third kappa shape index (κ3) is 4.34. The van der Waals surface area contributed by atoms with Gasteiger partial charge < -0.3 is 5.32 Å². The van der Waals surface area contributed by atoms with Crippen LogP contribution in [0, 0.1) is 6.92 Å². The normalized spacial score (nSPS) is 12.8. The molecule has 7 nitrogen and oxygen atoms in total. The van der Waals surface area contributed by atoms with Crippen LogP contribution in [0.4, 0.5) is 5.13 Å². The van der Waals surface area contributed by atoms with E-state index in [9.17, 15) is 13.2 Å². The monoisotopic (exact) mass is 354 g/mol. The van der Waals surface area contributed by atoms with E-state index in [1.165, 1.54) is 6.92 Å². The molecule has 2 rings (SSSR count). The quantitative estimate of drug-likeness (QED) is 0.775. The molecule has 1 aromatic carbocycles. The molecule has 9 heteroatoms. The molecule has 124 valence electrons. The zero-order chi connectivity index (χ0) is 17.0. The van der Waals surface area contributed by atoms with Gasteiger partial charge in [0.15, 0.2) is 0 Å². The van der Waals surface area contributed by atoms with Gasteiger partial charge in [0.1, 0.15) is 0 Å². The van der Waals surface area contributed by atoms with E-state index in [0.29, 0.717) is 6.42 Å². The van der Waals surface area contributed by atoms with Gasteiger partial charge in [-0.2, -0.15) is 0 Å². The van der Waals surface area contributed by atoms with E-state index < -0.39 is 10.0 Å². The number of hydrogen-bond acceptors (Lipinski definition) is 6. The number of anilines is 1. The van der Waals surface area contributed by atoms with E-state index in [1.807, 2.05) is 38.1 Å². The van der Waals surface area contributed by atoms with Crippen LogP contribution in [-0.4, -0.2) is 24.5 Å². The Bertz CT molecular complexity index is 802. The van der Waals surface area contributed by atoms with Gasteiger partial charge in [-0.05, 0) is 24.5 Å². The minimum Gasteiger partial charge on any atom is -0.301 e. The maximum atomic E-state index is 12.5. The fourth-order valence-corrected chi connectivity index (χ4v) is 4.36. The molecule has 0 radical (unpaired) electrons. The summed E-state index contributed by atoms with van der Waals surface area (Å²) in [5, 5.41) is 9.88. The lowest BCUT2D eigenvalue weighted by Gasteiger charge is -2.18. The van der Waals surface area contributed by atoms with Crippen LogP contribution in [0.2, 0.25) is 0 Å². The molecule has 0 aliphatic rings. The Morgan fingerprint density at radius 3 is 2.61 bits per heavy atom. The first-order valence-corrected chi connectivity index (χ1v) is 9.32. The van der Waals surface area contributed by atoms with Crippen molar-refractivity contribution in [2.75, 3.05) is 5.32 Å². The number of aryl methyl sites for hydroxylation is 1. The first-order valence-electron chi connectivity index (χ1n) is 7.02. The summed E-state index contributed by atoms with van der Waals surface area (Å²) in [7, 11) is -3.81. The van der Waals surface area contributed by atoms with Gasteiger partial charge in [-0.25, -0.2) is 13.1 Å². The largest absolute Gasteiger partial charge is 0.301 e. The summed E-state index contributed by atoms with van der Waals surface area (Å²) in [5.74, 6) is -0.329. The van der Waals surface area contributed by atoms with Crippen molar-refractivity contribution < 1.29 is 13.2 Å². The van der Waals surface area contributed by atoms with Gasteiger partial charge in [0.25, 0.3) is 10.0 Å². The van der Waals surface area contributed by atoms with Crippen molar-refractivity contribution in [2.45, 2.75) is 37.6 Å². The molecule has 1 aromatic heterocycles. The average Bonchev–Trinajstić information content (AvgIpc) is 2.94.